The molecule has 5 rings (SSSR count). The van der Waals surface area contributed by atoms with Crippen LogP contribution in [-0.4, -0.2) is 37.4 Å². The first-order chi connectivity index (χ1) is 15.7. The Morgan fingerprint density at radius 1 is 0.909 bits per heavy atom. The fourth-order valence-electron chi connectivity index (χ4n) is 5.39. The Hall–Kier alpha value is -1.12. The van der Waals surface area contributed by atoms with E-state index in [1.54, 1.807) is 42.5 Å². The largest absolute Gasteiger partial charge is 0.274 e. The van der Waals surface area contributed by atoms with E-state index in [1.807, 2.05) is 0 Å². The number of hydrogen-bond donors (Lipinski definition) is 0. The monoisotopic (exact) mass is 632 g/mol. The van der Waals surface area contributed by atoms with Crippen molar-refractivity contribution in [1.29, 1.82) is 0 Å². The first-order valence-electron chi connectivity index (χ1n) is 10.4. The van der Waals surface area contributed by atoms with Gasteiger partial charge in [-0.15, -0.1) is 0 Å². The molecule has 3 fully saturated rings. The Balaban J connectivity index is 1.55. The van der Waals surface area contributed by atoms with Crippen molar-refractivity contribution in [2.45, 2.75) is 22.6 Å². The molecule has 0 spiro atoms. The molecule has 10 heteroatoms. The molecule has 2 bridgehead atoms. The van der Waals surface area contributed by atoms with Crippen molar-refractivity contribution in [3.05, 3.63) is 68.7 Å². The molecule has 2 aromatic carbocycles. The highest BCUT2D eigenvalue weighted by Crippen LogP contribution is 2.60. The summed E-state index contributed by atoms with van der Waals surface area (Å²) in [7, 11) is 0. The van der Waals surface area contributed by atoms with E-state index >= 15 is 0 Å². The second kappa shape index (κ2) is 8.83. The molecular weight excluding hydrogens is 618 g/mol. The van der Waals surface area contributed by atoms with Gasteiger partial charge in [-0.05, 0) is 48.1 Å². The predicted molar refractivity (Wildman–Crippen MR) is 134 cm³/mol. The van der Waals surface area contributed by atoms with E-state index in [-0.39, 0.29) is 50.4 Å². The number of benzene rings is 2. The van der Waals surface area contributed by atoms with E-state index in [1.165, 1.54) is 5.01 Å². The summed E-state index contributed by atoms with van der Waals surface area (Å²) < 4.78 is 0. The van der Waals surface area contributed by atoms with Gasteiger partial charge in [0, 0.05) is 9.65 Å². The Kier molecular flexibility index (Phi) is 6.32. The maximum atomic E-state index is 13.6. The molecule has 172 valence electrons. The van der Waals surface area contributed by atoms with Gasteiger partial charge < -0.3 is 0 Å². The summed E-state index contributed by atoms with van der Waals surface area (Å²) in [5.74, 6) is -2.05. The summed E-state index contributed by atoms with van der Waals surface area (Å²) in [6.45, 7) is -0.0390. The van der Waals surface area contributed by atoms with Gasteiger partial charge in [0.1, 0.15) is 0 Å². The van der Waals surface area contributed by atoms with Gasteiger partial charge in [0.05, 0.1) is 39.0 Å². The molecule has 2 aliphatic carbocycles. The molecule has 3 aliphatic rings. The van der Waals surface area contributed by atoms with Crippen LogP contribution in [0.1, 0.15) is 22.3 Å². The van der Waals surface area contributed by atoms with E-state index in [0.29, 0.717) is 15.6 Å². The maximum absolute atomic E-state index is 13.6. The van der Waals surface area contributed by atoms with Crippen LogP contribution in [0, 0.1) is 23.7 Å². The van der Waals surface area contributed by atoms with Crippen LogP contribution in [-0.2, 0) is 16.1 Å². The number of hydrazine groups is 1. The van der Waals surface area contributed by atoms with Gasteiger partial charge in [0.25, 0.3) is 17.7 Å². The predicted octanol–water partition coefficient (Wildman–Crippen LogP) is 5.98. The molecule has 1 aliphatic heterocycles. The zero-order valence-corrected chi connectivity index (χ0v) is 22.4. The van der Waals surface area contributed by atoms with Crippen molar-refractivity contribution in [3.63, 3.8) is 0 Å². The highest BCUT2D eigenvalue weighted by atomic mass is 79.9. The third-order valence-corrected chi connectivity index (χ3v) is 11.1. The lowest BCUT2D eigenvalue weighted by Crippen LogP contribution is -2.50. The standard InChI is InChI=1S/C23H17Br2Cl3N2O3/c24-19-12-8-13(20(19)25)18-17(12)22(32)30(23(18)33)29(9-10-5-6-15(27)16(28)7-10)21(31)11-3-1-2-4-14(11)26/h1-7,12-13,17-20H,8-9H2/t12-,13-,17-,18+,19+,20+/m1/s1. The van der Waals surface area contributed by atoms with Crippen molar-refractivity contribution >= 4 is 84.4 Å². The molecule has 2 aromatic rings. The molecule has 1 saturated heterocycles. The number of nitrogens with zero attached hydrogens (tertiary/aromatic N) is 2. The third kappa shape index (κ3) is 3.75. The zero-order valence-electron chi connectivity index (χ0n) is 16.9. The van der Waals surface area contributed by atoms with Crippen molar-refractivity contribution in [1.82, 2.24) is 10.0 Å². The van der Waals surface area contributed by atoms with Gasteiger partial charge in [0.15, 0.2) is 0 Å². The molecule has 0 unspecified atom stereocenters. The zero-order chi connectivity index (χ0) is 23.6. The molecule has 0 aromatic heterocycles. The Morgan fingerprint density at radius 3 is 2.09 bits per heavy atom. The highest BCUT2D eigenvalue weighted by molar-refractivity contribution is 9.12. The molecule has 0 N–H and O–H groups in total. The van der Waals surface area contributed by atoms with E-state index in [0.717, 1.165) is 11.4 Å². The fourth-order valence-corrected chi connectivity index (χ4v) is 7.80. The lowest BCUT2D eigenvalue weighted by molar-refractivity contribution is -0.156. The number of amides is 3. The normalized spacial score (nSPS) is 30.2. The number of fused-ring (bicyclic) bond motifs is 5. The second-order valence-electron chi connectivity index (χ2n) is 8.58. The third-order valence-electron chi connectivity index (χ3n) is 6.86. The van der Waals surface area contributed by atoms with Crippen LogP contribution in [0.5, 0.6) is 0 Å². The molecular formula is C23H17Br2Cl3N2O3. The van der Waals surface area contributed by atoms with Gasteiger partial charge in [-0.2, -0.15) is 5.01 Å². The quantitative estimate of drug-likeness (QED) is 0.307. The van der Waals surface area contributed by atoms with Gasteiger partial charge in [0.2, 0.25) is 0 Å². The lowest BCUT2D eigenvalue weighted by atomic mass is 9.81. The van der Waals surface area contributed by atoms with Gasteiger partial charge in [-0.1, -0.05) is 84.9 Å². The summed E-state index contributed by atoms with van der Waals surface area (Å²) in [5, 5.41) is 3.15. The van der Waals surface area contributed by atoms with E-state index in [9.17, 15) is 14.4 Å². The topological polar surface area (TPSA) is 57.7 Å². The van der Waals surface area contributed by atoms with Crippen LogP contribution in [0.4, 0.5) is 0 Å². The van der Waals surface area contributed by atoms with Crippen molar-refractivity contribution < 1.29 is 14.4 Å². The van der Waals surface area contributed by atoms with E-state index < -0.39 is 17.7 Å². The number of imide groups is 1. The van der Waals surface area contributed by atoms with Crippen LogP contribution in [0.3, 0.4) is 0 Å². The fraction of sp³-hybridized carbons (Fsp3) is 0.348. The minimum atomic E-state index is -0.536. The molecule has 1 heterocycles. The molecule has 2 saturated carbocycles. The Morgan fingerprint density at radius 2 is 1.52 bits per heavy atom. The van der Waals surface area contributed by atoms with Crippen molar-refractivity contribution in [2.75, 3.05) is 0 Å². The van der Waals surface area contributed by atoms with Gasteiger partial charge >= 0.3 is 0 Å². The Bertz CT molecular complexity index is 1150. The number of carbonyl (C=O) groups excluding carboxylic acids is 3. The summed E-state index contributed by atoms with van der Waals surface area (Å²) >= 11 is 25.9. The summed E-state index contributed by atoms with van der Waals surface area (Å²) in [6.07, 6.45) is 0.803. The smallest absolute Gasteiger partial charge is 0.272 e. The SMILES string of the molecule is O=C(c1ccccc1Cl)N(Cc1ccc(Cl)c(Cl)c1)N1C(=O)[C@@H]2[C@H]3C[C@@H]([C@H](Br)[C@H]3Br)[C@@H]2C1=O. The Labute approximate surface area is 222 Å². The summed E-state index contributed by atoms with van der Waals surface area (Å²) in [4.78, 5) is 41.1. The minimum Gasteiger partial charge on any atom is -0.272 e. The maximum Gasteiger partial charge on any atom is 0.274 e. The average molecular weight is 636 g/mol. The molecule has 5 nitrogen and oxygen atoms in total. The van der Waals surface area contributed by atoms with Crippen LogP contribution in [0.2, 0.25) is 15.1 Å². The number of halogens is 5. The van der Waals surface area contributed by atoms with Gasteiger partial charge in [-0.3, -0.25) is 14.4 Å². The summed E-state index contributed by atoms with van der Waals surface area (Å²) in [5.41, 5.74) is 0.832. The summed E-state index contributed by atoms with van der Waals surface area (Å²) in [6, 6.07) is 11.5. The highest BCUT2D eigenvalue weighted by Gasteiger charge is 2.67. The van der Waals surface area contributed by atoms with Crippen LogP contribution in [0.15, 0.2) is 42.5 Å². The molecule has 6 atom stereocenters. The minimum absolute atomic E-state index is 0.0352. The molecule has 0 radical (unpaired) electrons. The lowest BCUT2D eigenvalue weighted by Gasteiger charge is -2.31. The number of carbonyl (C=O) groups is 3. The second-order valence-corrected chi connectivity index (χ2v) is 11.9. The number of alkyl halides is 2. The van der Waals surface area contributed by atoms with E-state index in [4.69, 9.17) is 34.8 Å². The van der Waals surface area contributed by atoms with Crippen LogP contribution in [0.25, 0.3) is 0 Å². The first-order valence-corrected chi connectivity index (χ1v) is 13.3. The number of hydrogen-bond acceptors (Lipinski definition) is 3. The van der Waals surface area contributed by atoms with Crippen molar-refractivity contribution in [2.24, 2.45) is 23.7 Å². The van der Waals surface area contributed by atoms with Crippen LogP contribution >= 0.6 is 66.7 Å². The van der Waals surface area contributed by atoms with Gasteiger partial charge in [-0.25, -0.2) is 5.01 Å². The van der Waals surface area contributed by atoms with Crippen LogP contribution < -0.4 is 0 Å². The van der Waals surface area contributed by atoms with Crippen molar-refractivity contribution in [3.8, 4) is 0 Å². The van der Waals surface area contributed by atoms with E-state index in [2.05, 4.69) is 31.9 Å². The molecule has 33 heavy (non-hydrogen) atoms. The number of rotatable bonds is 4. The average Bonchev–Trinajstić information content (AvgIpc) is 3.39. The molecule has 3 amide bonds. The first kappa shape index (κ1) is 23.6.